The number of benzene rings is 3. The lowest BCUT2D eigenvalue weighted by Crippen LogP contribution is -2.70. The van der Waals surface area contributed by atoms with Crippen LogP contribution in [0, 0.1) is 27.7 Å². The van der Waals surface area contributed by atoms with Crippen molar-refractivity contribution in [1.29, 1.82) is 0 Å². The molecule has 0 aliphatic heterocycles. The van der Waals surface area contributed by atoms with Gasteiger partial charge in [0.05, 0.1) is 8.07 Å². The molecule has 0 spiro atoms. The summed E-state index contributed by atoms with van der Waals surface area (Å²) in [6.45, 7) is 25.9. The van der Waals surface area contributed by atoms with Crippen molar-refractivity contribution in [2.75, 3.05) is 0 Å². The Kier molecular flexibility index (Phi) is 7.00. The first-order valence-corrected chi connectivity index (χ1v) is 19.0. The topological polar surface area (TPSA) is 0 Å². The van der Waals surface area contributed by atoms with Crippen molar-refractivity contribution in [2.45, 2.75) is 80.6 Å². The van der Waals surface area contributed by atoms with Gasteiger partial charge in [-0.15, -0.1) is 0 Å². The minimum absolute atomic E-state index is 0.414. The summed E-state index contributed by atoms with van der Waals surface area (Å²) in [7, 11) is -3.90. The second-order valence-corrected chi connectivity index (χ2v) is 21.4. The molecule has 0 bridgehead atoms. The van der Waals surface area contributed by atoms with Crippen LogP contribution in [-0.4, -0.2) is 16.1 Å². The molecule has 0 saturated heterocycles. The molecule has 0 radical (unpaired) electrons. The molecular weight excluding hydrogens is 465 g/mol. The molecule has 0 N–H and O–H groups in total. The smallest absolute Gasteiger partial charge is 0.0656 e. The second-order valence-electron chi connectivity index (χ2n) is 12.4. The molecule has 4 rings (SSSR count). The van der Waals surface area contributed by atoms with Gasteiger partial charge in [0.2, 0.25) is 0 Å². The van der Waals surface area contributed by atoms with Crippen molar-refractivity contribution in [3.8, 4) is 0 Å². The van der Waals surface area contributed by atoms with Crippen molar-refractivity contribution in [3.63, 3.8) is 0 Å². The van der Waals surface area contributed by atoms with Gasteiger partial charge in [0.25, 0.3) is 0 Å². The number of hydrogen-bond acceptors (Lipinski definition) is 0. The number of hydrogen-bond donors (Lipinski definition) is 0. The minimum atomic E-state index is -2.51. The summed E-state index contributed by atoms with van der Waals surface area (Å²) >= 11 is 0. The molecule has 0 saturated carbocycles. The van der Waals surface area contributed by atoms with Crippen LogP contribution in [-0.2, 0) is 0 Å². The summed E-state index contributed by atoms with van der Waals surface area (Å²) in [4.78, 5) is 0. The number of rotatable bonds is 5. The Labute approximate surface area is 222 Å². The molecule has 0 atom stereocenters. The van der Waals surface area contributed by atoms with Gasteiger partial charge in [-0.25, -0.2) is 0 Å². The van der Waals surface area contributed by atoms with Gasteiger partial charge >= 0.3 is 0 Å². The van der Waals surface area contributed by atoms with Gasteiger partial charge < -0.3 is 0 Å². The third-order valence-electron chi connectivity index (χ3n) is 8.60. The maximum absolute atomic E-state index is 2.51. The molecule has 0 heterocycles. The van der Waals surface area contributed by atoms with E-state index >= 15 is 0 Å². The lowest BCUT2D eigenvalue weighted by atomic mass is 10.1. The third kappa shape index (κ3) is 4.44. The van der Waals surface area contributed by atoms with E-state index in [4.69, 9.17) is 0 Å². The van der Waals surface area contributed by atoms with Crippen LogP contribution in [0.2, 0.25) is 25.2 Å². The summed E-state index contributed by atoms with van der Waals surface area (Å²) in [6, 6.07) is 24.6. The van der Waals surface area contributed by atoms with Gasteiger partial charge in [-0.3, -0.25) is 0 Å². The van der Waals surface area contributed by atoms with Crippen molar-refractivity contribution in [2.24, 2.45) is 0 Å². The molecule has 188 valence electrons. The van der Waals surface area contributed by atoms with E-state index in [2.05, 4.69) is 136 Å². The quantitative estimate of drug-likeness (QED) is 0.257. The average Bonchev–Trinajstić information content (AvgIpc) is 2.96. The SMILES string of the molecule is CC1=C(C)C([Si](c2ccc([Si](C)(C)C)cc2)(c2cc(C)cc(C)c2)c2cc(C)cc(C)c2)C(C)=C1C. The highest BCUT2D eigenvalue weighted by molar-refractivity contribution is 7.13. The van der Waals surface area contributed by atoms with E-state index in [1.807, 2.05) is 0 Å². The molecule has 0 aromatic heterocycles. The lowest BCUT2D eigenvalue weighted by molar-refractivity contribution is 1.09. The van der Waals surface area contributed by atoms with Crippen molar-refractivity contribution in [1.82, 2.24) is 0 Å². The fraction of sp³-hybridized carbons (Fsp3) is 0.353. The molecular formula is C34H44Si2. The lowest BCUT2D eigenvalue weighted by Gasteiger charge is -2.42. The van der Waals surface area contributed by atoms with Gasteiger partial charge in [-0.2, -0.15) is 0 Å². The van der Waals surface area contributed by atoms with Gasteiger partial charge in [0, 0.05) is 5.54 Å². The van der Waals surface area contributed by atoms with E-state index in [-0.39, 0.29) is 0 Å². The molecule has 3 aromatic rings. The van der Waals surface area contributed by atoms with Crippen LogP contribution in [0.25, 0.3) is 0 Å². The average molecular weight is 509 g/mol. The Bertz CT molecular complexity index is 1260. The van der Waals surface area contributed by atoms with E-state index in [1.165, 1.54) is 54.1 Å². The molecule has 3 aromatic carbocycles. The zero-order valence-electron chi connectivity index (χ0n) is 24.4. The molecule has 0 amide bonds. The molecule has 0 nitrogen and oxygen atoms in total. The summed E-state index contributed by atoms with van der Waals surface area (Å²) in [5.74, 6) is 0. The van der Waals surface area contributed by atoms with Crippen molar-refractivity contribution < 1.29 is 0 Å². The fourth-order valence-electron chi connectivity index (χ4n) is 6.64. The zero-order valence-corrected chi connectivity index (χ0v) is 26.4. The van der Waals surface area contributed by atoms with Gasteiger partial charge in [-0.1, -0.05) is 119 Å². The van der Waals surface area contributed by atoms with Crippen LogP contribution in [0.1, 0.15) is 49.9 Å². The Morgan fingerprint density at radius 3 is 1.11 bits per heavy atom. The van der Waals surface area contributed by atoms with Gasteiger partial charge in [0.15, 0.2) is 8.07 Å². The first-order valence-electron chi connectivity index (χ1n) is 13.4. The Morgan fingerprint density at radius 1 is 0.444 bits per heavy atom. The Balaban J connectivity index is 2.21. The van der Waals surface area contributed by atoms with E-state index in [1.54, 1.807) is 11.1 Å². The Morgan fingerprint density at radius 2 is 0.778 bits per heavy atom. The summed E-state index contributed by atoms with van der Waals surface area (Å²) in [5, 5.41) is 6.15. The van der Waals surface area contributed by atoms with Crippen LogP contribution >= 0.6 is 0 Å². The maximum atomic E-state index is 2.51. The van der Waals surface area contributed by atoms with Crippen molar-refractivity contribution >= 4 is 36.9 Å². The highest BCUT2D eigenvalue weighted by Crippen LogP contribution is 2.46. The molecule has 1 aliphatic rings. The van der Waals surface area contributed by atoms with Crippen molar-refractivity contribution in [3.05, 3.63) is 105 Å². The van der Waals surface area contributed by atoms with E-state index in [0.29, 0.717) is 5.54 Å². The van der Waals surface area contributed by atoms with Gasteiger partial charge in [-0.05, 0) is 82.1 Å². The minimum Gasteiger partial charge on any atom is -0.0656 e. The summed E-state index contributed by atoms with van der Waals surface area (Å²) in [6.07, 6.45) is 0. The number of aryl methyl sites for hydroxylation is 4. The van der Waals surface area contributed by atoms with Crippen LogP contribution < -0.4 is 20.7 Å². The molecule has 0 unspecified atom stereocenters. The van der Waals surface area contributed by atoms with Gasteiger partial charge in [0.1, 0.15) is 0 Å². The summed E-state index contributed by atoms with van der Waals surface area (Å²) < 4.78 is 0. The predicted octanol–water partition coefficient (Wildman–Crippen LogP) is 6.99. The summed E-state index contributed by atoms with van der Waals surface area (Å²) in [5.41, 5.74) is 12.0. The predicted molar refractivity (Wildman–Crippen MR) is 166 cm³/mol. The first-order chi connectivity index (χ1) is 16.8. The van der Waals surface area contributed by atoms with Crippen LogP contribution in [0.5, 0.6) is 0 Å². The first kappa shape index (κ1) is 26.6. The van der Waals surface area contributed by atoms with Crippen LogP contribution in [0.4, 0.5) is 0 Å². The molecule has 0 fully saturated rings. The van der Waals surface area contributed by atoms with E-state index in [9.17, 15) is 0 Å². The standard InChI is InChI=1S/C34H44Si2/c1-22-16-23(2)19-32(18-22)36(33-20-24(3)17-25(4)21-33,34-28(7)26(5)27(6)29(34)8)31-14-12-30(13-15-31)35(9,10)11/h12-21,34H,1-11H3. The molecule has 1 aliphatic carbocycles. The maximum Gasteiger partial charge on any atom is 0.159 e. The highest BCUT2D eigenvalue weighted by atomic mass is 28.3. The van der Waals surface area contributed by atoms with Crippen LogP contribution in [0.15, 0.2) is 83.0 Å². The monoisotopic (exact) mass is 508 g/mol. The fourth-order valence-corrected chi connectivity index (χ4v) is 14.0. The number of allylic oxidation sites excluding steroid dienone is 4. The van der Waals surface area contributed by atoms with E-state index < -0.39 is 16.1 Å². The largest absolute Gasteiger partial charge is 0.159 e. The second kappa shape index (κ2) is 9.46. The van der Waals surface area contributed by atoms with E-state index in [0.717, 1.165) is 0 Å². The normalized spacial score (nSPS) is 15.3. The Hall–Kier alpha value is -2.43. The highest BCUT2D eigenvalue weighted by Gasteiger charge is 2.50. The van der Waals surface area contributed by atoms with Crippen LogP contribution in [0.3, 0.4) is 0 Å². The molecule has 2 heteroatoms. The zero-order chi connectivity index (χ0) is 26.6. The third-order valence-corrected chi connectivity index (χ3v) is 16.0. The molecule has 36 heavy (non-hydrogen) atoms.